The summed E-state index contributed by atoms with van der Waals surface area (Å²) in [5.74, 6) is -0.369. The van der Waals surface area contributed by atoms with Crippen LogP contribution in [0.5, 0.6) is 0 Å². The first-order valence-electron chi connectivity index (χ1n) is 5.48. The highest BCUT2D eigenvalue weighted by atomic mass is 35.5. The van der Waals surface area contributed by atoms with Crippen molar-refractivity contribution < 1.29 is 9.72 Å². The van der Waals surface area contributed by atoms with Crippen molar-refractivity contribution >= 4 is 35.6 Å². The third-order valence-corrected chi connectivity index (χ3v) is 3.13. The minimum atomic E-state index is -0.602. The number of nitro groups is 1. The van der Waals surface area contributed by atoms with E-state index in [9.17, 15) is 14.9 Å². The van der Waals surface area contributed by atoms with Crippen molar-refractivity contribution in [2.45, 2.75) is 12.5 Å². The molecule has 0 bridgehead atoms. The second-order valence-electron chi connectivity index (χ2n) is 4.22. The summed E-state index contributed by atoms with van der Waals surface area (Å²) in [6.07, 6.45) is 0.715. The Bertz CT molecular complexity index is 510. The zero-order valence-electron chi connectivity index (χ0n) is 9.91. The number of rotatable bonds is 2. The van der Waals surface area contributed by atoms with Crippen LogP contribution >= 0.6 is 24.0 Å². The molecule has 0 spiro atoms. The maximum atomic E-state index is 12.2. The van der Waals surface area contributed by atoms with E-state index in [1.807, 2.05) is 0 Å². The van der Waals surface area contributed by atoms with Crippen molar-refractivity contribution in [2.24, 2.45) is 5.73 Å². The molecule has 1 aromatic rings. The Kier molecular flexibility index (Phi) is 5.11. The average Bonchev–Trinajstić information content (AvgIpc) is 2.75. The Morgan fingerprint density at radius 1 is 1.53 bits per heavy atom. The van der Waals surface area contributed by atoms with Crippen molar-refractivity contribution in [1.82, 2.24) is 4.90 Å². The van der Waals surface area contributed by atoms with Crippen molar-refractivity contribution in [2.75, 3.05) is 13.1 Å². The van der Waals surface area contributed by atoms with E-state index < -0.39 is 4.92 Å². The molecule has 0 radical (unpaired) electrons. The summed E-state index contributed by atoms with van der Waals surface area (Å²) >= 11 is 5.70. The number of carbonyl (C=O) groups is 1. The van der Waals surface area contributed by atoms with Crippen molar-refractivity contribution in [3.05, 3.63) is 38.9 Å². The number of halogens is 2. The number of likely N-dealkylation sites (tertiary alicyclic amines) is 1. The van der Waals surface area contributed by atoms with Crippen molar-refractivity contribution in [3.63, 3.8) is 0 Å². The molecule has 104 valence electrons. The van der Waals surface area contributed by atoms with Crippen molar-refractivity contribution in [1.29, 1.82) is 0 Å². The average molecular weight is 306 g/mol. The lowest BCUT2D eigenvalue weighted by Gasteiger charge is -2.15. The predicted octanol–water partition coefficient (Wildman–Crippen LogP) is 1.84. The Labute approximate surface area is 121 Å². The predicted molar refractivity (Wildman–Crippen MR) is 73.9 cm³/mol. The van der Waals surface area contributed by atoms with Crippen LogP contribution in [0, 0.1) is 10.1 Å². The van der Waals surface area contributed by atoms with Crippen LogP contribution in [-0.4, -0.2) is 34.9 Å². The summed E-state index contributed by atoms with van der Waals surface area (Å²) in [6, 6.07) is 3.98. The Hall–Kier alpha value is -1.37. The molecule has 1 amide bonds. The van der Waals surface area contributed by atoms with Gasteiger partial charge in [0.1, 0.15) is 5.56 Å². The molecule has 2 rings (SSSR count). The third-order valence-electron chi connectivity index (χ3n) is 2.90. The van der Waals surface area contributed by atoms with Gasteiger partial charge in [0.05, 0.1) is 4.92 Å². The van der Waals surface area contributed by atoms with Crippen LogP contribution in [0.2, 0.25) is 5.02 Å². The number of nitrogens with two attached hydrogens (primary N) is 1. The van der Waals surface area contributed by atoms with E-state index >= 15 is 0 Å². The van der Waals surface area contributed by atoms with Crippen LogP contribution in [0.3, 0.4) is 0 Å². The van der Waals surface area contributed by atoms with Gasteiger partial charge in [-0.1, -0.05) is 11.6 Å². The molecule has 1 atom stereocenters. The Balaban J connectivity index is 0.00000180. The third kappa shape index (κ3) is 3.34. The molecule has 2 N–H and O–H groups in total. The minimum absolute atomic E-state index is 0. The Morgan fingerprint density at radius 2 is 2.21 bits per heavy atom. The summed E-state index contributed by atoms with van der Waals surface area (Å²) in [7, 11) is 0. The van der Waals surface area contributed by atoms with Crippen LogP contribution in [0.15, 0.2) is 18.2 Å². The fourth-order valence-corrected chi connectivity index (χ4v) is 2.15. The first kappa shape index (κ1) is 15.7. The largest absolute Gasteiger partial charge is 0.337 e. The first-order chi connectivity index (χ1) is 8.49. The van der Waals surface area contributed by atoms with E-state index in [1.54, 1.807) is 0 Å². The van der Waals surface area contributed by atoms with Gasteiger partial charge in [-0.25, -0.2) is 0 Å². The van der Waals surface area contributed by atoms with Gasteiger partial charge in [0.25, 0.3) is 11.6 Å². The van der Waals surface area contributed by atoms with Gasteiger partial charge < -0.3 is 10.6 Å². The lowest BCUT2D eigenvalue weighted by atomic mass is 10.1. The van der Waals surface area contributed by atoms with Crippen LogP contribution < -0.4 is 5.73 Å². The maximum absolute atomic E-state index is 12.2. The van der Waals surface area contributed by atoms with Gasteiger partial charge in [0, 0.05) is 30.2 Å². The van der Waals surface area contributed by atoms with Gasteiger partial charge >= 0.3 is 0 Å². The van der Waals surface area contributed by atoms with Gasteiger partial charge in [0.2, 0.25) is 0 Å². The molecule has 1 aromatic carbocycles. The molecule has 1 aliphatic rings. The van der Waals surface area contributed by atoms with E-state index in [4.69, 9.17) is 17.3 Å². The monoisotopic (exact) mass is 305 g/mol. The van der Waals surface area contributed by atoms with E-state index in [2.05, 4.69) is 0 Å². The molecule has 0 aromatic heterocycles. The van der Waals surface area contributed by atoms with Gasteiger partial charge in [-0.3, -0.25) is 14.9 Å². The lowest BCUT2D eigenvalue weighted by molar-refractivity contribution is -0.385. The smallest absolute Gasteiger partial charge is 0.283 e. The van der Waals surface area contributed by atoms with Crippen LogP contribution in [-0.2, 0) is 0 Å². The molecule has 1 saturated heterocycles. The molecular weight excluding hydrogens is 293 g/mol. The van der Waals surface area contributed by atoms with E-state index in [0.29, 0.717) is 19.5 Å². The molecule has 6 nitrogen and oxygen atoms in total. The van der Waals surface area contributed by atoms with Gasteiger partial charge in [-0.2, -0.15) is 0 Å². The molecule has 1 heterocycles. The number of benzene rings is 1. The Morgan fingerprint density at radius 3 is 2.74 bits per heavy atom. The highest BCUT2D eigenvalue weighted by Crippen LogP contribution is 2.25. The number of hydrogen-bond acceptors (Lipinski definition) is 4. The molecular formula is C11H13Cl2N3O3. The second kappa shape index (κ2) is 6.18. The summed E-state index contributed by atoms with van der Waals surface area (Å²) in [5.41, 5.74) is 5.50. The molecule has 19 heavy (non-hydrogen) atoms. The topological polar surface area (TPSA) is 89.5 Å². The fraction of sp³-hybridized carbons (Fsp3) is 0.364. The normalized spacial score (nSPS) is 18.0. The minimum Gasteiger partial charge on any atom is -0.337 e. The van der Waals surface area contributed by atoms with Gasteiger partial charge in [-0.15, -0.1) is 12.4 Å². The lowest BCUT2D eigenvalue weighted by Crippen LogP contribution is -2.32. The zero-order valence-corrected chi connectivity index (χ0v) is 11.5. The molecule has 1 unspecified atom stereocenters. The second-order valence-corrected chi connectivity index (χ2v) is 4.65. The first-order valence-corrected chi connectivity index (χ1v) is 5.85. The van der Waals surface area contributed by atoms with Gasteiger partial charge in [0.15, 0.2) is 0 Å². The highest BCUT2D eigenvalue weighted by molar-refractivity contribution is 6.31. The molecule has 8 heteroatoms. The summed E-state index contributed by atoms with van der Waals surface area (Å²) in [4.78, 5) is 24.0. The fourth-order valence-electron chi connectivity index (χ4n) is 1.98. The molecule has 1 aliphatic heterocycles. The summed E-state index contributed by atoms with van der Waals surface area (Å²) in [6.45, 7) is 0.957. The maximum Gasteiger partial charge on any atom is 0.283 e. The highest BCUT2D eigenvalue weighted by Gasteiger charge is 2.29. The standard InChI is InChI=1S/C11H12ClN3O3.ClH/c12-7-1-2-9(10(5-7)15(17)18)11(16)14-4-3-8(13)6-14;/h1-2,5,8H,3-4,6,13H2;1H. The zero-order chi connectivity index (χ0) is 13.3. The quantitative estimate of drug-likeness (QED) is 0.667. The van der Waals surface area contributed by atoms with Crippen LogP contribution in [0.4, 0.5) is 5.69 Å². The number of carbonyl (C=O) groups excluding carboxylic acids is 1. The van der Waals surface area contributed by atoms with Gasteiger partial charge in [-0.05, 0) is 18.6 Å². The number of hydrogen-bond donors (Lipinski definition) is 1. The molecule has 0 aliphatic carbocycles. The number of nitrogens with zero attached hydrogens (tertiary/aromatic N) is 2. The van der Waals surface area contributed by atoms with E-state index in [1.165, 1.54) is 23.1 Å². The number of nitro benzene ring substituents is 1. The van der Waals surface area contributed by atoms with E-state index in [0.717, 1.165) is 0 Å². The van der Waals surface area contributed by atoms with Crippen molar-refractivity contribution in [3.8, 4) is 0 Å². The summed E-state index contributed by atoms with van der Waals surface area (Å²) in [5, 5.41) is 11.1. The SMILES string of the molecule is Cl.NC1CCN(C(=O)c2ccc(Cl)cc2[N+](=O)[O-])C1. The van der Waals surface area contributed by atoms with Crippen LogP contribution in [0.25, 0.3) is 0 Å². The molecule has 1 fully saturated rings. The number of amides is 1. The summed E-state index contributed by atoms with van der Waals surface area (Å²) < 4.78 is 0. The van der Waals surface area contributed by atoms with E-state index in [-0.39, 0.29) is 40.6 Å². The van der Waals surface area contributed by atoms with Crippen LogP contribution in [0.1, 0.15) is 16.8 Å². The molecule has 0 saturated carbocycles.